The molecule has 6 heteroatoms. The van der Waals surface area contributed by atoms with Crippen molar-refractivity contribution >= 4 is 27.5 Å². The molecule has 4 nitrogen and oxygen atoms in total. The molecule has 114 valence electrons. The molecular weight excluding hydrogens is 292 g/mol. The molecule has 0 radical (unpaired) electrons. The fourth-order valence-corrected chi connectivity index (χ4v) is 3.25. The topological polar surface area (TPSA) is 58.2 Å². The van der Waals surface area contributed by atoms with Crippen molar-refractivity contribution in [3.63, 3.8) is 0 Å². The van der Waals surface area contributed by atoms with Crippen molar-refractivity contribution in [2.24, 2.45) is 0 Å². The second-order valence-electron chi connectivity index (χ2n) is 4.55. The molecule has 0 fully saturated rings. The Balaban J connectivity index is 2.50. The maximum absolute atomic E-state index is 12.1. The standard InChI is InChI=1S/C14H24N2O2S2/c1-3-10-15-13-6-8-14(9-7-13)20(17,18)16-11-4-5-12-19-2/h6-9,15-16H,3-5,10-12H2,1-2H3. The summed E-state index contributed by atoms with van der Waals surface area (Å²) in [4.78, 5) is 0.324. The van der Waals surface area contributed by atoms with Gasteiger partial charge >= 0.3 is 0 Å². The highest BCUT2D eigenvalue weighted by Crippen LogP contribution is 2.14. The molecule has 0 aliphatic carbocycles. The molecule has 0 aliphatic heterocycles. The summed E-state index contributed by atoms with van der Waals surface area (Å²) < 4.78 is 26.7. The van der Waals surface area contributed by atoms with E-state index in [4.69, 9.17) is 0 Å². The maximum Gasteiger partial charge on any atom is 0.240 e. The molecule has 0 amide bonds. The minimum Gasteiger partial charge on any atom is -0.385 e. The molecule has 0 heterocycles. The SMILES string of the molecule is CCCNc1ccc(S(=O)(=O)NCCCCSC)cc1. The molecule has 1 rings (SSSR count). The molecule has 0 spiro atoms. The van der Waals surface area contributed by atoms with Crippen LogP contribution in [0.4, 0.5) is 5.69 Å². The number of rotatable bonds is 10. The van der Waals surface area contributed by atoms with Crippen LogP contribution in [0.5, 0.6) is 0 Å². The fourth-order valence-electron chi connectivity index (χ4n) is 1.68. The van der Waals surface area contributed by atoms with Crippen molar-refractivity contribution in [2.45, 2.75) is 31.1 Å². The lowest BCUT2D eigenvalue weighted by molar-refractivity contribution is 0.578. The molecule has 2 N–H and O–H groups in total. The van der Waals surface area contributed by atoms with Gasteiger partial charge in [0.15, 0.2) is 0 Å². The molecule has 0 unspecified atom stereocenters. The minimum absolute atomic E-state index is 0.324. The molecule has 0 aliphatic rings. The van der Waals surface area contributed by atoms with Crippen LogP contribution in [0.2, 0.25) is 0 Å². The van der Waals surface area contributed by atoms with E-state index >= 15 is 0 Å². The van der Waals surface area contributed by atoms with Crippen LogP contribution in [0.15, 0.2) is 29.2 Å². The first-order valence-corrected chi connectivity index (χ1v) is 9.80. The molecule has 0 saturated carbocycles. The summed E-state index contributed by atoms with van der Waals surface area (Å²) in [7, 11) is -3.37. The first-order chi connectivity index (χ1) is 9.60. The number of sulfonamides is 1. The highest BCUT2D eigenvalue weighted by atomic mass is 32.2. The average molecular weight is 316 g/mol. The lowest BCUT2D eigenvalue weighted by atomic mass is 10.3. The second kappa shape index (κ2) is 9.26. The van der Waals surface area contributed by atoms with Crippen LogP contribution in [0.25, 0.3) is 0 Å². The molecular formula is C14H24N2O2S2. The van der Waals surface area contributed by atoms with E-state index < -0.39 is 10.0 Å². The van der Waals surface area contributed by atoms with Crippen molar-refractivity contribution in [3.05, 3.63) is 24.3 Å². The van der Waals surface area contributed by atoms with Crippen molar-refractivity contribution < 1.29 is 8.42 Å². The van der Waals surface area contributed by atoms with Crippen LogP contribution in [-0.2, 0) is 10.0 Å². The number of hydrogen-bond donors (Lipinski definition) is 2. The van der Waals surface area contributed by atoms with Crippen LogP contribution < -0.4 is 10.0 Å². The largest absolute Gasteiger partial charge is 0.385 e. The fraction of sp³-hybridized carbons (Fsp3) is 0.571. The van der Waals surface area contributed by atoms with E-state index in [1.165, 1.54) is 0 Å². The van der Waals surface area contributed by atoms with Gasteiger partial charge in [-0.25, -0.2) is 13.1 Å². The van der Waals surface area contributed by atoms with Crippen molar-refractivity contribution in [2.75, 3.05) is 30.4 Å². The summed E-state index contributed by atoms with van der Waals surface area (Å²) in [5.41, 5.74) is 0.950. The monoisotopic (exact) mass is 316 g/mol. The van der Waals surface area contributed by atoms with E-state index in [0.717, 1.165) is 37.2 Å². The maximum atomic E-state index is 12.1. The van der Waals surface area contributed by atoms with Crippen LogP contribution in [0.3, 0.4) is 0 Å². The van der Waals surface area contributed by atoms with Crippen molar-refractivity contribution in [1.82, 2.24) is 4.72 Å². The van der Waals surface area contributed by atoms with E-state index in [-0.39, 0.29) is 0 Å². The summed E-state index contributed by atoms with van der Waals surface area (Å²) in [5.74, 6) is 1.07. The first kappa shape index (κ1) is 17.3. The van der Waals surface area contributed by atoms with Gasteiger partial charge in [0.1, 0.15) is 0 Å². The van der Waals surface area contributed by atoms with Crippen molar-refractivity contribution in [1.29, 1.82) is 0 Å². The Labute approximate surface area is 126 Å². The Morgan fingerprint density at radius 3 is 2.40 bits per heavy atom. The van der Waals surface area contributed by atoms with E-state index in [2.05, 4.69) is 23.2 Å². The Morgan fingerprint density at radius 2 is 1.80 bits per heavy atom. The Morgan fingerprint density at radius 1 is 1.10 bits per heavy atom. The third-order valence-corrected chi connectivity index (χ3v) is 4.98. The van der Waals surface area contributed by atoms with Gasteiger partial charge in [0.25, 0.3) is 0 Å². The van der Waals surface area contributed by atoms with Gasteiger partial charge in [0, 0.05) is 18.8 Å². The highest BCUT2D eigenvalue weighted by Gasteiger charge is 2.12. The number of thioether (sulfide) groups is 1. The highest BCUT2D eigenvalue weighted by molar-refractivity contribution is 7.98. The first-order valence-electron chi connectivity index (χ1n) is 6.92. The van der Waals surface area contributed by atoms with Gasteiger partial charge in [-0.1, -0.05) is 6.92 Å². The third kappa shape index (κ3) is 6.15. The van der Waals surface area contributed by atoms with E-state index in [9.17, 15) is 8.42 Å². The molecule has 0 atom stereocenters. The third-order valence-electron chi connectivity index (χ3n) is 2.81. The van der Waals surface area contributed by atoms with Gasteiger partial charge in [-0.05, 0) is 55.5 Å². The lowest BCUT2D eigenvalue weighted by Crippen LogP contribution is -2.24. The molecule has 0 aromatic heterocycles. The van der Waals surface area contributed by atoms with Gasteiger partial charge in [0.2, 0.25) is 10.0 Å². The zero-order valence-electron chi connectivity index (χ0n) is 12.2. The smallest absolute Gasteiger partial charge is 0.240 e. The number of unbranched alkanes of at least 4 members (excludes halogenated alkanes) is 1. The second-order valence-corrected chi connectivity index (χ2v) is 7.30. The predicted molar refractivity (Wildman–Crippen MR) is 88.0 cm³/mol. The van der Waals surface area contributed by atoms with Crippen LogP contribution in [0.1, 0.15) is 26.2 Å². The molecule has 0 saturated heterocycles. The number of benzene rings is 1. The summed E-state index contributed by atoms with van der Waals surface area (Å²) >= 11 is 1.78. The lowest BCUT2D eigenvalue weighted by Gasteiger charge is -2.08. The Bertz CT molecular complexity index is 472. The van der Waals surface area contributed by atoms with Crippen molar-refractivity contribution in [3.8, 4) is 0 Å². The van der Waals surface area contributed by atoms with Gasteiger partial charge in [-0.3, -0.25) is 0 Å². The average Bonchev–Trinajstić information content (AvgIpc) is 2.45. The molecule has 1 aromatic rings. The van der Waals surface area contributed by atoms with Crippen LogP contribution in [0, 0.1) is 0 Å². The number of hydrogen-bond acceptors (Lipinski definition) is 4. The summed E-state index contributed by atoms with van der Waals surface area (Å²) in [6, 6.07) is 6.89. The number of nitrogens with one attached hydrogen (secondary N) is 2. The Kier molecular flexibility index (Phi) is 8.02. The van der Waals surface area contributed by atoms with Crippen LogP contribution in [-0.4, -0.2) is 33.5 Å². The van der Waals surface area contributed by atoms with E-state index in [1.54, 1.807) is 36.0 Å². The van der Waals surface area contributed by atoms with E-state index in [0.29, 0.717) is 11.4 Å². The predicted octanol–water partition coefficient (Wildman–Crippen LogP) is 2.93. The minimum atomic E-state index is -3.37. The quantitative estimate of drug-likeness (QED) is 0.652. The normalized spacial score (nSPS) is 11.5. The van der Waals surface area contributed by atoms with Gasteiger partial charge < -0.3 is 5.32 Å². The summed E-state index contributed by atoms with van der Waals surface area (Å²) in [6.07, 6.45) is 5.00. The Hall–Kier alpha value is -0.720. The van der Waals surface area contributed by atoms with Gasteiger partial charge in [-0.2, -0.15) is 11.8 Å². The number of anilines is 1. The molecule has 0 bridgehead atoms. The zero-order valence-corrected chi connectivity index (χ0v) is 13.8. The summed E-state index contributed by atoms with van der Waals surface area (Å²) in [5, 5.41) is 3.22. The zero-order chi connectivity index (χ0) is 14.8. The molecule has 20 heavy (non-hydrogen) atoms. The van der Waals surface area contributed by atoms with Crippen LogP contribution >= 0.6 is 11.8 Å². The molecule has 1 aromatic carbocycles. The van der Waals surface area contributed by atoms with Gasteiger partial charge in [0.05, 0.1) is 4.90 Å². The van der Waals surface area contributed by atoms with E-state index in [1.807, 2.05) is 0 Å². The summed E-state index contributed by atoms with van der Waals surface area (Å²) in [6.45, 7) is 3.48. The van der Waals surface area contributed by atoms with Gasteiger partial charge in [-0.15, -0.1) is 0 Å².